The highest BCUT2D eigenvalue weighted by molar-refractivity contribution is 5.94. The maximum absolute atomic E-state index is 12.0. The predicted octanol–water partition coefficient (Wildman–Crippen LogP) is 2.27. The first-order valence-corrected chi connectivity index (χ1v) is 6.59. The van der Waals surface area contributed by atoms with Crippen molar-refractivity contribution in [2.24, 2.45) is 0 Å². The molecule has 0 saturated carbocycles. The zero-order valence-corrected chi connectivity index (χ0v) is 12.0. The van der Waals surface area contributed by atoms with Crippen LogP contribution in [0.15, 0.2) is 48.5 Å². The highest BCUT2D eigenvalue weighted by Crippen LogP contribution is 2.07. The minimum absolute atomic E-state index is 0.221. The van der Waals surface area contributed by atoms with Crippen LogP contribution in [0.2, 0.25) is 0 Å². The number of nitriles is 1. The molecule has 0 unspecified atom stereocenters. The number of hydrogen-bond acceptors (Lipinski definition) is 4. The maximum Gasteiger partial charge on any atom is 0.337 e. The molecule has 1 amide bonds. The quantitative estimate of drug-likeness (QED) is 0.877. The summed E-state index contributed by atoms with van der Waals surface area (Å²) < 4.78 is 4.62. The van der Waals surface area contributed by atoms with Crippen molar-refractivity contribution >= 4 is 11.9 Å². The van der Waals surface area contributed by atoms with Crippen LogP contribution < -0.4 is 5.32 Å². The molecule has 0 fully saturated rings. The number of amides is 1. The van der Waals surface area contributed by atoms with Gasteiger partial charge in [0, 0.05) is 12.1 Å². The average molecular weight is 294 g/mol. The van der Waals surface area contributed by atoms with Crippen LogP contribution in [-0.4, -0.2) is 19.0 Å². The first-order valence-electron chi connectivity index (χ1n) is 6.59. The van der Waals surface area contributed by atoms with Gasteiger partial charge in [0.15, 0.2) is 0 Å². The lowest BCUT2D eigenvalue weighted by molar-refractivity contribution is 0.0600. The Morgan fingerprint density at radius 3 is 2.18 bits per heavy atom. The second-order valence-corrected chi connectivity index (χ2v) is 4.56. The normalized spacial score (nSPS) is 9.64. The van der Waals surface area contributed by atoms with E-state index >= 15 is 0 Å². The van der Waals surface area contributed by atoms with E-state index in [0.717, 1.165) is 5.56 Å². The van der Waals surface area contributed by atoms with Gasteiger partial charge in [-0.1, -0.05) is 12.1 Å². The van der Waals surface area contributed by atoms with Crippen molar-refractivity contribution in [3.8, 4) is 6.07 Å². The smallest absolute Gasteiger partial charge is 0.337 e. The van der Waals surface area contributed by atoms with Crippen LogP contribution >= 0.6 is 0 Å². The van der Waals surface area contributed by atoms with E-state index in [1.807, 2.05) is 6.07 Å². The van der Waals surface area contributed by atoms with Gasteiger partial charge in [-0.15, -0.1) is 0 Å². The Kier molecular flexibility index (Phi) is 4.89. The molecule has 2 aromatic rings. The fraction of sp³-hybridized carbons (Fsp3) is 0.118. The van der Waals surface area contributed by atoms with Gasteiger partial charge >= 0.3 is 5.97 Å². The van der Waals surface area contributed by atoms with Crippen LogP contribution in [0.3, 0.4) is 0 Å². The molecule has 0 atom stereocenters. The second kappa shape index (κ2) is 7.04. The van der Waals surface area contributed by atoms with Gasteiger partial charge in [0.05, 0.1) is 24.3 Å². The first kappa shape index (κ1) is 15.3. The highest BCUT2D eigenvalue weighted by atomic mass is 16.5. The number of hydrogen-bond donors (Lipinski definition) is 1. The van der Waals surface area contributed by atoms with E-state index in [9.17, 15) is 9.59 Å². The van der Waals surface area contributed by atoms with Gasteiger partial charge in [-0.25, -0.2) is 4.79 Å². The van der Waals surface area contributed by atoms with Gasteiger partial charge in [0.25, 0.3) is 5.91 Å². The highest BCUT2D eigenvalue weighted by Gasteiger charge is 2.07. The summed E-state index contributed by atoms with van der Waals surface area (Å²) in [5.74, 6) is -0.616. The lowest BCUT2D eigenvalue weighted by Crippen LogP contribution is -2.22. The molecule has 22 heavy (non-hydrogen) atoms. The van der Waals surface area contributed by atoms with Crippen LogP contribution in [0.25, 0.3) is 0 Å². The minimum Gasteiger partial charge on any atom is -0.465 e. The fourth-order valence-corrected chi connectivity index (χ4v) is 1.86. The maximum atomic E-state index is 12.0. The molecule has 5 heteroatoms. The summed E-state index contributed by atoms with van der Waals surface area (Å²) in [5, 5.41) is 11.5. The molecule has 5 nitrogen and oxygen atoms in total. The number of ether oxygens (including phenoxy) is 1. The number of methoxy groups -OCH3 is 1. The Morgan fingerprint density at radius 2 is 1.64 bits per heavy atom. The molecule has 2 aromatic carbocycles. The van der Waals surface area contributed by atoms with Crippen molar-refractivity contribution in [3.05, 3.63) is 70.8 Å². The van der Waals surface area contributed by atoms with Crippen molar-refractivity contribution in [1.82, 2.24) is 5.32 Å². The molecule has 0 radical (unpaired) electrons. The average Bonchev–Trinajstić information content (AvgIpc) is 2.59. The molecular weight excluding hydrogens is 280 g/mol. The molecule has 0 aliphatic carbocycles. The van der Waals surface area contributed by atoms with E-state index in [-0.39, 0.29) is 5.91 Å². The lowest BCUT2D eigenvalue weighted by Gasteiger charge is -2.06. The number of nitrogens with zero attached hydrogens (tertiary/aromatic N) is 1. The van der Waals surface area contributed by atoms with Crippen molar-refractivity contribution in [2.75, 3.05) is 7.11 Å². The Labute approximate surface area is 128 Å². The third-order valence-corrected chi connectivity index (χ3v) is 3.10. The van der Waals surface area contributed by atoms with Crippen molar-refractivity contribution in [2.45, 2.75) is 6.54 Å². The molecule has 110 valence electrons. The number of carbonyl (C=O) groups is 2. The van der Waals surface area contributed by atoms with E-state index in [2.05, 4.69) is 10.1 Å². The Morgan fingerprint density at radius 1 is 1.05 bits per heavy atom. The predicted molar refractivity (Wildman–Crippen MR) is 80.1 cm³/mol. The molecule has 0 aliphatic heterocycles. The summed E-state index contributed by atoms with van der Waals surface area (Å²) in [6, 6.07) is 15.2. The van der Waals surface area contributed by atoms with Crippen LogP contribution in [0.4, 0.5) is 0 Å². The zero-order valence-electron chi connectivity index (χ0n) is 12.0. The van der Waals surface area contributed by atoms with Crippen LogP contribution in [0.5, 0.6) is 0 Å². The molecule has 1 N–H and O–H groups in total. The lowest BCUT2D eigenvalue weighted by atomic mass is 10.1. The largest absolute Gasteiger partial charge is 0.465 e. The third kappa shape index (κ3) is 3.70. The summed E-state index contributed by atoms with van der Waals surface area (Å²) in [4.78, 5) is 23.3. The molecule has 0 heterocycles. The third-order valence-electron chi connectivity index (χ3n) is 3.10. The van der Waals surface area contributed by atoms with Crippen molar-refractivity contribution in [1.29, 1.82) is 5.26 Å². The van der Waals surface area contributed by atoms with Gasteiger partial charge in [-0.05, 0) is 42.0 Å². The fourth-order valence-electron chi connectivity index (χ4n) is 1.86. The van der Waals surface area contributed by atoms with Gasteiger partial charge < -0.3 is 10.1 Å². The summed E-state index contributed by atoms with van der Waals surface area (Å²) in [7, 11) is 1.33. The molecular formula is C17H14N2O3. The molecule has 2 rings (SSSR count). The van der Waals surface area contributed by atoms with E-state index in [1.54, 1.807) is 48.5 Å². The number of esters is 1. The number of nitrogens with one attached hydrogen (secondary N) is 1. The first-order chi connectivity index (χ1) is 10.6. The van der Waals surface area contributed by atoms with Crippen LogP contribution in [0, 0.1) is 11.3 Å². The van der Waals surface area contributed by atoms with Gasteiger partial charge in [-0.2, -0.15) is 5.26 Å². The minimum atomic E-state index is -0.395. The Hall–Kier alpha value is -3.13. The molecule has 0 bridgehead atoms. The molecule has 0 aromatic heterocycles. The van der Waals surface area contributed by atoms with Crippen molar-refractivity contribution < 1.29 is 14.3 Å². The van der Waals surface area contributed by atoms with Crippen LogP contribution in [0.1, 0.15) is 31.8 Å². The summed E-state index contributed by atoms with van der Waals surface area (Å²) in [5.41, 5.74) is 2.33. The molecule has 0 spiro atoms. The SMILES string of the molecule is COC(=O)c1ccc(CNC(=O)c2ccc(C#N)cc2)cc1. The van der Waals surface area contributed by atoms with Gasteiger partial charge in [-0.3, -0.25) is 4.79 Å². The molecule has 0 saturated heterocycles. The number of benzene rings is 2. The Bertz CT molecular complexity index is 713. The van der Waals surface area contributed by atoms with Crippen LogP contribution in [-0.2, 0) is 11.3 Å². The van der Waals surface area contributed by atoms with E-state index in [1.165, 1.54) is 7.11 Å². The van der Waals surface area contributed by atoms with E-state index in [0.29, 0.717) is 23.2 Å². The second-order valence-electron chi connectivity index (χ2n) is 4.56. The van der Waals surface area contributed by atoms with Crippen molar-refractivity contribution in [3.63, 3.8) is 0 Å². The number of rotatable bonds is 4. The zero-order chi connectivity index (χ0) is 15.9. The monoisotopic (exact) mass is 294 g/mol. The van der Waals surface area contributed by atoms with Gasteiger partial charge in [0.1, 0.15) is 0 Å². The molecule has 0 aliphatic rings. The summed E-state index contributed by atoms with van der Waals surface area (Å²) >= 11 is 0. The summed E-state index contributed by atoms with van der Waals surface area (Å²) in [6.45, 7) is 0.348. The van der Waals surface area contributed by atoms with E-state index < -0.39 is 5.97 Å². The van der Waals surface area contributed by atoms with E-state index in [4.69, 9.17) is 5.26 Å². The summed E-state index contributed by atoms with van der Waals surface area (Å²) in [6.07, 6.45) is 0. The standard InChI is InChI=1S/C17H14N2O3/c1-22-17(21)15-8-4-13(5-9-15)11-19-16(20)14-6-2-12(10-18)3-7-14/h2-9H,11H2,1H3,(H,19,20). The number of carbonyl (C=O) groups excluding carboxylic acids is 2. The van der Waals surface area contributed by atoms with Gasteiger partial charge in [0.2, 0.25) is 0 Å². The Balaban J connectivity index is 1.95. The topological polar surface area (TPSA) is 79.2 Å².